The van der Waals surface area contributed by atoms with E-state index in [9.17, 15) is 5.11 Å². The fourth-order valence-corrected chi connectivity index (χ4v) is 2.47. The van der Waals surface area contributed by atoms with Gasteiger partial charge in [-0.2, -0.15) is 0 Å². The molecule has 0 bridgehead atoms. The molecule has 17 heavy (non-hydrogen) atoms. The summed E-state index contributed by atoms with van der Waals surface area (Å²) in [5, 5.41) is 10.5. The molecule has 0 amide bonds. The summed E-state index contributed by atoms with van der Waals surface area (Å²) in [6.07, 6.45) is 5.05. The number of aliphatic hydroxyl groups excluding tert-OH is 1. The molecule has 1 heterocycles. The number of aryl methyl sites for hydroxylation is 1. The Kier molecular flexibility index (Phi) is 4.24. The second-order valence-corrected chi connectivity index (χ2v) is 5.47. The smallest absolute Gasteiger partial charge is 0.0512 e. The monoisotopic (exact) mass is 295 g/mol. The molecule has 0 saturated carbocycles. The molecule has 0 saturated heterocycles. The van der Waals surface area contributed by atoms with Crippen molar-refractivity contribution in [1.82, 2.24) is 4.57 Å². The van der Waals surface area contributed by atoms with Gasteiger partial charge in [0.25, 0.3) is 0 Å². The first-order chi connectivity index (χ1) is 8.16. The van der Waals surface area contributed by atoms with E-state index < -0.39 is 0 Å². The summed E-state index contributed by atoms with van der Waals surface area (Å²) in [5.41, 5.74) is 1.28. The molecule has 1 aromatic carbocycles. The number of nitrogens with zero attached hydrogens (tertiary/aromatic N) is 1. The van der Waals surface area contributed by atoms with Crippen molar-refractivity contribution in [2.24, 2.45) is 0 Å². The summed E-state index contributed by atoms with van der Waals surface area (Å²) < 4.78 is 3.40. The number of rotatable bonds is 5. The molecule has 0 unspecified atom stereocenters. The zero-order valence-corrected chi connectivity index (χ0v) is 11.7. The number of hydrogen-bond donors (Lipinski definition) is 1. The average Bonchev–Trinajstić information content (AvgIpc) is 2.66. The van der Waals surface area contributed by atoms with Crippen LogP contribution in [0.2, 0.25) is 0 Å². The second kappa shape index (κ2) is 5.69. The molecule has 2 nitrogen and oxygen atoms in total. The van der Waals surface area contributed by atoms with Crippen LogP contribution < -0.4 is 0 Å². The van der Waals surface area contributed by atoms with Gasteiger partial charge < -0.3 is 9.67 Å². The van der Waals surface area contributed by atoms with Crippen LogP contribution in [0.3, 0.4) is 0 Å². The third kappa shape index (κ3) is 3.33. The minimum absolute atomic E-state index is 0.174. The molecule has 1 aromatic heterocycles. The predicted octanol–water partition coefficient (Wildman–Crippen LogP) is 3.95. The SMILES string of the molecule is C[C@@H](O)CCCCn1ccc2cc(Br)ccc21. The van der Waals surface area contributed by atoms with E-state index in [1.54, 1.807) is 0 Å². The van der Waals surface area contributed by atoms with Crippen LogP contribution in [-0.4, -0.2) is 15.8 Å². The van der Waals surface area contributed by atoms with E-state index in [4.69, 9.17) is 0 Å². The van der Waals surface area contributed by atoms with Crippen LogP contribution >= 0.6 is 15.9 Å². The number of halogens is 1. The Morgan fingerprint density at radius 3 is 2.88 bits per heavy atom. The maximum Gasteiger partial charge on any atom is 0.0512 e. The molecular weight excluding hydrogens is 278 g/mol. The van der Waals surface area contributed by atoms with Crippen LogP contribution in [0.25, 0.3) is 10.9 Å². The van der Waals surface area contributed by atoms with Crippen LogP contribution in [0.4, 0.5) is 0 Å². The molecule has 1 atom stereocenters. The number of aliphatic hydroxyl groups is 1. The van der Waals surface area contributed by atoms with Crippen molar-refractivity contribution in [3.05, 3.63) is 34.9 Å². The van der Waals surface area contributed by atoms with Crippen molar-refractivity contribution in [2.45, 2.75) is 38.8 Å². The van der Waals surface area contributed by atoms with Crippen LogP contribution in [0, 0.1) is 0 Å². The van der Waals surface area contributed by atoms with E-state index in [0.717, 1.165) is 30.3 Å². The maximum absolute atomic E-state index is 9.20. The molecule has 2 rings (SSSR count). The summed E-state index contributed by atoms with van der Waals surface area (Å²) in [7, 11) is 0. The highest BCUT2D eigenvalue weighted by atomic mass is 79.9. The topological polar surface area (TPSA) is 25.2 Å². The van der Waals surface area contributed by atoms with E-state index in [1.165, 1.54) is 10.9 Å². The first-order valence-corrected chi connectivity index (χ1v) is 6.88. The normalized spacial score (nSPS) is 13.1. The highest BCUT2D eigenvalue weighted by Gasteiger charge is 2.01. The van der Waals surface area contributed by atoms with Gasteiger partial charge in [0.1, 0.15) is 0 Å². The molecule has 1 N–H and O–H groups in total. The van der Waals surface area contributed by atoms with E-state index in [1.807, 2.05) is 6.92 Å². The van der Waals surface area contributed by atoms with Gasteiger partial charge in [-0.15, -0.1) is 0 Å². The van der Waals surface area contributed by atoms with Gasteiger partial charge in [-0.25, -0.2) is 0 Å². The van der Waals surface area contributed by atoms with Gasteiger partial charge in [-0.3, -0.25) is 0 Å². The maximum atomic E-state index is 9.20. The van der Waals surface area contributed by atoms with Crippen molar-refractivity contribution in [3.63, 3.8) is 0 Å². The molecule has 0 fully saturated rings. The lowest BCUT2D eigenvalue weighted by atomic mass is 10.2. The number of hydrogen-bond acceptors (Lipinski definition) is 1. The third-order valence-corrected chi connectivity index (χ3v) is 3.50. The first kappa shape index (κ1) is 12.7. The van der Waals surface area contributed by atoms with Crippen LogP contribution in [-0.2, 0) is 6.54 Å². The van der Waals surface area contributed by atoms with Gasteiger partial charge >= 0.3 is 0 Å². The largest absolute Gasteiger partial charge is 0.393 e. The first-order valence-electron chi connectivity index (χ1n) is 6.09. The van der Waals surface area contributed by atoms with Crippen molar-refractivity contribution in [1.29, 1.82) is 0 Å². The van der Waals surface area contributed by atoms with Crippen molar-refractivity contribution in [2.75, 3.05) is 0 Å². The molecule has 2 aromatic rings. The Labute approximate surface area is 110 Å². The number of benzene rings is 1. The Hall–Kier alpha value is -0.800. The Bertz CT molecular complexity index is 490. The summed E-state index contributed by atoms with van der Waals surface area (Å²) in [4.78, 5) is 0. The number of fused-ring (bicyclic) bond motifs is 1. The molecule has 3 heteroatoms. The molecule has 0 aliphatic carbocycles. The third-order valence-electron chi connectivity index (χ3n) is 3.00. The van der Waals surface area contributed by atoms with Crippen molar-refractivity contribution >= 4 is 26.8 Å². The fourth-order valence-electron chi connectivity index (χ4n) is 2.09. The lowest BCUT2D eigenvalue weighted by Crippen LogP contribution is -2.01. The molecule has 0 aliphatic rings. The second-order valence-electron chi connectivity index (χ2n) is 4.56. The van der Waals surface area contributed by atoms with Gasteiger partial charge in [-0.05, 0) is 50.5 Å². The van der Waals surface area contributed by atoms with E-state index in [-0.39, 0.29) is 6.10 Å². The zero-order chi connectivity index (χ0) is 12.3. The zero-order valence-electron chi connectivity index (χ0n) is 10.1. The van der Waals surface area contributed by atoms with E-state index in [2.05, 4.69) is 51.0 Å². The minimum Gasteiger partial charge on any atom is -0.393 e. The lowest BCUT2D eigenvalue weighted by Gasteiger charge is -2.06. The standard InChI is InChI=1S/C14H18BrNO/c1-11(17)4-2-3-8-16-9-7-12-10-13(15)5-6-14(12)16/h5-7,9-11,17H,2-4,8H2,1H3/t11-/m1/s1. The quantitative estimate of drug-likeness (QED) is 0.830. The van der Waals surface area contributed by atoms with Crippen LogP contribution in [0.15, 0.2) is 34.9 Å². The molecule has 0 spiro atoms. The Morgan fingerprint density at radius 1 is 1.29 bits per heavy atom. The predicted molar refractivity (Wildman–Crippen MR) is 75.2 cm³/mol. The van der Waals surface area contributed by atoms with E-state index in [0.29, 0.717) is 0 Å². The summed E-state index contributed by atoms with van der Waals surface area (Å²) in [6, 6.07) is 8.51. The minimum atomic E-state index is -0.174. The lowest BCUT2D eigenvalue weighted by molar-refractivity contribution is 0.180. The molecule has 0 radical (unpaired) electrons. The Balaban J connectivity index is 1.99. The molecular formula is C14H18BrNO. The molecule has 0 aliphatic heterocycles. The van der Waals surface area contributed by atoms with Crippen LogP contribution in [0.5, 0.6) is 0 Å². The van der Waals surface area contributed by atoms with Crippen molar-refractivity contribution < 1.29 is 5.11 Å². The highest BCUT2D eigenvalue weighted by molar-refractivity contribution is 9.10. The van der Waals surface area contributed by atoms with Gasteiger partial charge in [0, 0.05) is 28.1 Å². The number of aromatic nitrogens is 1. The van der Waals surface area contributed by atoms with Gasteiger partial charge in [0.05, 0.1) is 6.10 Å². The fraction of sp³-hybridized carbons (Fsp3) is 0.429. The highest BCUT2D eigenvalue weighted by Crippen LogP contribution is 2.21. The number of unbranched alkanes of at least 4 members (excludes halogenated alkanes) is 1. The molecule has 92 valence electrons. The van der Waals surface area contributed by atoms with E-state index >= 15 is 0 Å². The van der Waals surface area contributed by atoms with Crippen LogP contribution in [0.1, 0.15) is 26.2 Å². The van der Waals surface area contributed by atoms with Gasteiger partial charge in [0.2, 0.25) is 0 Å². The van der Waals surface area contributed by atoms with Gasteiger partial charge in [0.15, 0.2) is 0 Å². The van der Waals surface area contributed by atoms with Gasteiger partial charge in [-0.1, -0.05) is 15.9 Å². The summed E-state index contributed by atoms with van der Waals surface area (Å²) in [6.45, 7) is 2.88. The average molecular weight is 296 g/mol. The summed E-state index contributed by atoms with van der Waals surface area (Å²) in [5.74, 6) is 0. The Morgan fingerprint density at radius 2 is 2.12 bits per heavy atom. The summed E-state index contributed by atoms with van der Waals surface area (Å²) >= 11 is 3.48. The van der Waals surface area contributed by atoms with Crippen molar-refractivity contribution in [3.8, 4) is 0 Å².